The van der Waals surface area contributed by atoms with Gasteiger partial charge in [0.25, 0.3) is 11.7 Å². The molecule has 3 heterocycles. The number of Topliss-reactive ketones (excluding diaryl/α,β-unsaturated/α-hetero) is 1. The first-order valence-corrected chi connectivity index (χ1v) is 10.5. The van der Waals surface area contributed by atoms with Gasteiger partial charge in [0.1, 0.15) is 11.3 Å². The Morgan fingerprint density at radius 1 is 1.21 bits per heavy atom. The summed E-state index contributed by atoms with van der Waals surface area (Å²) in [7, 11) is 5.16. The number of imidazole rings is 1. The van der Waals surface area contributed by atoms with Gasteiger partial charge in [-0.05, 0) is 50.8 Å². The molecule has 4 rings (SSSR count). The molecule has 1 aliphatic heterocycles. The highest BCUT2D eigenvalue weighted by molar-refractivity contribution is 6.46. The van der Waals surface area contributed by atoms with Crippen molar-refractivity contribution >= 4 is 23.1 Å². The highest BCUT2D eigenvalue weighted by Crippen LogP contribution is 2.42. The Labute approximate surface area is 191 Å². The number of aryl methyl sites for hydroxylation is 1. The maximum atomic E-state index is 13.2. The molecule has 1 aliphatic rings. The number of hydrogen-bond acceptors (Lipinski definition) is 7. The summed E-state index contributed by atoms with van der Waals surface area (Å²) in [6, 6.07) is 9.20. The Morgan fingerprint density at radius 2 is 1.97 bits per heavy atom. The van der Waals surface area contributed by atoms with Crippen LogP contribution in [0.3, 0.4) is 0 Å². The second kappa shape index (κ2) is 8.59. The van der Waals surface area contributed by atoms with Gasteiger partial charge in [0.05, 0.1) is 24.4 Å². The number of aliphatic hydroxyl groups excluding tert-OH is 1. The second-order valence-electron chi connectivity index (χ2n) is 8.20. The van der Waals surface area contributed by atoms with Crippen molar-refractivity contribution in [2.24, 2.45) is 0 Å². The molecule has 1 unspecified atom stereocenters. The van der Waals surface area contributed by atoms with E-state index in [4.69, 9.17) is 4.74 Å². The van der Waals surface area contributed by atoms with Crippen LogP contribution in [0, 0.1) is 6.92 Å². The molecule has 9 heteroatoms. The molecular formula is C24H26N4O5. The Balaban J connectivity index is 1.95. The number of aromatic nitrogens is 2. The number of ketones is 1. The van der Waals surface area contributed by atoms with Crippen LogP contribution in [-0.2, 0) is 9.59 Å². The van der Waals surface area contributed by atoms with E-state index in [-0.39, 0.29) is 29.4 Å². The maximum Gasteiger partial charge on any atom is 0.295 e. The molecule has 33 heavy (non-hydrogen) atoms. The number of ether oxygens (including phenoxy) is 1. The summed E-state index contributed by atoms with van der Waals surface area (Å²) in [5.41, 5.74) is 2.00. The van der Waals surface area contributed by atoms with E-state index in [2.05, 4.69) is 4.98 Å². The van der Waals surface area contributed by atoms with Gasteiger partial charge in [-0.1, -0.05) is 12.1 Å². The number of carbonyl (C=O) groups is 2. The van der Waals surface area contributed by atoms with E-state index in [0.717, 1.165) is 0 Å². The van der Waals surface area contributed by atoms with E-state index < -0.39 is 17.7 Å². The summed E-state index contributed by atoms with van der Waals surface area (Å²) >= 11 is 0. The highest BCUT2D eigenvalue weighted by atomic mass is 16.5. The monoisotopic (exact) mass is 450 g/mol. The van der Waals surface area contributed by atoms with Crippen molar-refractivity contribution in [1.29, 1.82) is 0 Å². The van der Waals surface area contributed by atoms with Crippen molar-refractivity contribution < 1.29 is 24.5 Å². The van der Waals surface area contributed by atoms with Gasteiger partial charge in [-0.25, -0.2) is 4.98 Å². The van der Waals surface area contributed by atoms with Crippen LogP contribution in [0.2, 0.25) is 0 Å². The number of methoxy groups -OCH3 is 1. The lowest BCUT2D eigenvalue weighted by Gasteiger charge is -2.27. The molecule has 0 spiro atoms. The number of phenolic OH excluding ortho intramolecular Hbond substituents is 1. The number of amides is 1. The first kappa shape index (κ1) is 22.3. The van der Waals surface area contributed by atoms with Crippen molar-refractivity contribution in [2.75, 3.05) is 34.3 Å². The molecule has 1 saturated heterocycles. The van der Waals surface area contributed by atoms with Crippen LogP contribution >= 0.6 is 0 Å². The minimum absolute atomic E-state index is 0.0275. The molecule has 0 radical (unpaired) electrons. The summed E-state index contributed by atoms with van der Waals surface area (Å²) < 4.78 is 6.92. The van der Waals surface area contributed by atoms with Gasteiger partial charge in [0, 0.05) is 19.3 Å². The fourth-order valence-corrected chi connectivity index (χ4v) is 4.16. The van der Waals surface area contributed by atoms with Gasteiger partial charge >= 0.3 is 0 Å². The van der Waals surface area contributed by atoms with E-state index in [0.29, 0.717) is 29.1 Å². The summed E-state index contributed by atoms with van der Waals surface area (Å²) in [5, 5.41) is 21.5. The standard InChI is InChI=1S/C24H26N4O5/c1-14-20(27-10-6-5-7-18(27)25-14)22(30)19-21(15-8-9-16(29)17(13-15)33-4)28(12-11-26(2)3)24(32)23(19)31/h5-10,13,21,29-30H,11-12H2,1-4H3/b22-19+. The summed E-state index contributed by atoms with van der Waals surface area (Å²) in [6.07, 6.45) is 1.74. The van der Waals surface area contributed by atoms with Crippen LogP contribution in [0.25, 0.3) is 11.4 Å². The van der Waals surface area contributed by atoms with Crippen molar-refractivity contribution in [3.05, 3.63) is 65.1 Å². The molecule has 1 atom stereocenters. The van der Waals surface area contributed by atoms with Crippen LogP contribution in [0.15, 0.2) is 48.2 Å². The van der Waals surface area contributed by atoms with E-state index in [1.807, 2.05) is 25.1 Å². The molecule has 0 saturated carbocycles. The smallest absolute Gasteiger partial charge is 0.295 e. The normalized spacial score (nSPS) is 18.0. The lowest BCUT2D eigenvalue weighted by atomic mass is 9.96. The van der Waals surface area contributed by atoms with Crippen molar-refractivity contribution in [1.82, 2.24) is 19.2 Å². The number of carbonyl (C=O) groups excluding carboxylic acids is 2. The number of hydrogen-bond donors (Lipinski definition) is 2. The molecule has 2 N–H and O–H groups in total. The van der Waals surface area contributed by atoms with Crippen LogP contribution in [-0.4, -0.2) is 75.4 Å². The van der Waals surface area contributed by atoms with Gasteiger partial charge in [-0.2, -0.15) is 0 Å². The zero-order valence-electron chi connectivity index (χ0n) is 18.9. The fraction of sp³-hybridized carbons (Fsp3) is 0.292. The number of rotatable bonds is 6. The third kappa shape index (κ3) is 3.80. The van der Waals surface area contributed by atoms with Crippen molar-refractivity contribution in [3.63, 3.8) is 0 Å². The molecule has 2 aromatic heterocycles. The second-order valence-corrected chi connectivity index (χ2v) is 8.20. The minimum Gasteiger partial charge on any atom is -0.505 e. The lowest BCUT2D eigenvalue weighted by Crippen LogP contribution is -2.35. The molecule has 172 valence electrons. The van der Waals surface area contributed by atoms with Gasteiger partial charge in [0.15, 0.2) is 17.3 Å². The molecule has 1 amide bonds. The van der Waals surface area contributed by atoms with E-state index in [1.165, 1.54) is 18.1 Å². The highest BCUT2D eigenvalue weighted by Gasteiger charge is 2.46. The average molecular weight is 450 g/mol. The van der Waals surface area contributed by atoms with Crippen LogP contribution in [0.4, 0.5) is 0 Å². The third-order valence-electron chi connectivity index (χ3n) is 5.78. The number of likely N-dealkylation sites (tertiary alicyclic amines) is 1. The summed E-state index contributed by atoms with van der Waals surface area (Å²) in [6.45, 7) is 2.53. The topological polar surface area (TPSA) is 108 Å². The van der Waals surface area contributed by atoms with Gasteiger partial charge in [0.2, 0.25) is 0 Å². The Morgan fingerprint density at radius 3 is 2.67 bits per heavy atom. The third-order valence-corrected chi connectivity index (χ3v) is 5.78. The molecule has 0 bridgehead atoms. The number of phenols is 1. The molecule has 0 aliphatic carbocycles. The van der Waals surface area contributed by atoms with Gasteiger partial charge in [-0.15, -0.1) is 0 Å². The Kier molecular flexibility index (Phi) is 5.82. The number of nitrogens with zero attached hydrogens (tertiary/aromatic N) is 4. The molecule has 9 nitrogen and oxygen atoms in total. The number of fused-ring (bicyclic) bond motifs is 1. The van der Waals surface area contributed by atoms with E-state index >= 15 is 0 Å². The first-order chi connectivity index (χ1) is 15.7. The van der Waals surface area contributed by atoms with E-state index in [1.54, 1.807) is 41.8 Å². The zero-order valence-corrected chi connectivity index (χ0v) is 18.9. The van der Waals surface area contributed by atoms with Crippen LogP contribution in [0.5, 0.6) is 11.5 Å². The quantitative estimate of drug-likeness (QED) is 0.337. The molecule has 3 aromatic rings. The van der Waals surface area contributed by atoms with Gasteiger partial charge < -0.3 is 24.7 Å². The Hall–Kier alpha value is -3.85. The lowest BCUT2D eigenvalue weighted by molar-refractivity contribution is -0.140. The summed E-state index contributed by atoms with van der Waals surface area (Å²) in [5.74, 6) is -1.62. The number of benzene rings is 1. The van der Waals surface area contributed by atoms with Gasteiger partial charge in [-0.3, -0.25) is 14.0 Å². The number of likely N-dealkylation sites (N-methyl/N-ethyl adjacent to an activating group) is 1. The van der Waals surface area contributed by atoms with Crippen LogP contribution in [0.1, 0.15) is 23.0 Å². The SMILES string of the molecule is COc1cc(C2/C(=C(\O)c3c(C)nc4ccccn34)C(=O)C(=O)N2CCN(C)C)ccc1O. The molecule has 1 aromatic carbocycles. The van der Waals surface area contributed by atoms with Crippen molar-refractivity contribution in [3.8, 4) is 11.5 Å². The zero-order chi connectivity index (χ0) is 23.9. The fourth-order valence-electron chi connectivity index (χ4n) is 4.16. The molecular weight excluding hydrogens is 424 g/mol. The maximum absolute atomic E-state index is 13.2. The van der Waals surface area contributed by atoms with Crippen LogP contribution < -0.4 is 4.74 Å². The average Bonchev–Trinajstić information content (AvgIpc) is 3.25. The van der Waals surface area contributed by atoms with E-state index in [9.17, 15) is 19.8 Å². The molecule has 1 fully saturated rings. The number of aliphatic hydroxyl groups is 1. The number of aromatic hydroxyl groups is 1. The van der Waals surface area contributed by atoms with Crippen molar-refractivity contribution in [2.45, 2.75) is 13.0 Å². The Bertz CT molecular complexity index is 1280. The minimum atomic E-state index is -0.854. The first-order valence-electron chi connectivity index (χ1n) is 10.5. The summed E-state index contributed by atoms with van der Waals surface area (Å²) in [4.78, 5) is 34.1. The predicted molar refractivity (Wildman–Crippen MR) is 122 cm³/mol. The largest absolute Gasteiger partial charge is 0.505 e. The predicted octanol–water partition coefficient (Wildman–Crippen LogP) is 2.34. The number of pyridine rings is 1.